The predicted molar refractivity (Wildman–Crippen MR) is 170 cm³/mol. The lowest BCUT2D eigenvalue weighted by Crippen LogP contribution is -2.58. The summed E-state index contributed by atoms with van der Waals surface area (Å²) in [6, 6.07) is 20.7. The predicted octanol–water partition coefficient (Wildman–Crippen LogP) is 7.85. The minimum absolute atomic E-state index is 0.0212. The number of piperidine rings is 1. The van der Waals surface area contributed by atoms with Gasteiger partial charge in [0.15, 0.2) is 0 Å². The first kappa shape index (κ1) is 31.1. The van der Waals surface area contributed by atoms with Crippen LogP contribution in [0.4, 0.5) is 0 Å². The maximum Gasteiger partial charge on any atom is 0.229 e. The third-order valence-electron chi connectivity index (χ3n) is 8.67. The average Bonchev–Trinajstić information content (AvgIpc) is 3.31. The third-order valence-corrected chi connectivity index (χ3v) is 11.2. The second-order valence-electron chi connectivity index (χ2n) is 11.6. The highest BCUT2D eigenvalue weighted by molar-refractivity contribution is 8.22. The van der Waals surface area contributed by atoms with Crippen LogP contribution in [0.1, 0.15) is 61.9 Å². The summed E-state index contributed by atoms with van der Waals surface area (Å²) < 4.78 is 28.7. The van der Waals surface area contributed by atoms with Crippen LogP contribution in [-0.4, -0.2) is 61.2 Å². The molecule has 2 aliphatic heterocycles. The van der Waals surface area contributed by atoms with E-state index in [0.29, 0.717) is 54.0 Å². The number of nitrogens with zero attached hydrogens (tertiary/aromatic N) is 3. The first-order valence-electron chi connectivity index (χ1n) is 14.4. The Morgan fingerprint density at radius 3 is 2.45 bits per heavy atom. The molecule has 4 unspecified atom stereocenters. The maximum absolute atomic E-state index is 14.9. The lowest BCUT2D eigenvalue weighted by molar-refractivity contribution is -0.155. The topological polar surface area (TPSA) is 86.1 Å². The molecule has 10 heteroatoms. The van der Waals surface area contributed by atoms with Gasteiger partial charge in [0.2, 0.25) is 11.8 Å². The fraction of sp³-hybridized carbons (Fsp3) is 0.438. The molecule has 2 N–H and O–H groups in total. The van der Waals surface area contributed by atoms with E-state index in [1.807, 2.05) is 66.4 Å². The zero-order chi connectivity index (χ0) is 30.1. The van der Waals surface area contributed by atoms with Crippen molar-refractivity contribution in [3.05, 3.63) is 93.6 Å². The molecule has 226 valence electrons. The fourth-order valence-corrected chi connectivity index (χ4v) is 8.52. The van der Waals surface area contributed by atoms with Crippen LogP contribution >= 0.6 is 34.0 Å². The van der Waals surface area contributed by atoms with Gasteiger partial charge in [-0.15, -0.1) is 10.8 Å². The number of rotatable bonds is 9. The Morgan fingerprint density at radius 1 is 1.07 bits per heavy atom. The van der Waals surface area contributed by atoms with Crippen LogP contribution in [0.25, 0.3) is 0 Å². The molecule has 0 aliphatic carbocycles. The highest BCUT2D eigenvalue weighted by atomic mass is 35.5. The van der Waals surface area contributed by atoms with Gasteiger partial charge in [-0.2, -0.15) is 0 Å². The third kappa shape index (κ3) is 6.44. The maximum atomic E-state index is 14.9. The smallest absolute Gasteiger partial charge is 0.229 e. The average molecular weight is 633 g/mol. The SMILES string of the molecule is CCC(CN1CCCS1(O)O)N1C(=O)C(C)(Cc2cccc(OC)n2)CC(c2cccc(Cl)c2)C1c1ccc(Cl)cc1. The number of methoxy groups -OCH3 is 1. The van der Waals surface area contributed by atoms with Crippen molar-refractivity contribution in [3.8, 4) is 5.88 Å². The number of hydrogen-bond acceptors (Lipinski definition) is 6. The van der Waals surface area contributed by atoms with Gasteiger partial charge in [0.1, 0.15) is 0 Å². The molecule has 1 aromatic heterocycles. The summed E-state index contributed by atoms with van der Waals surface area (Å²) in [5.74, 6) is 0.800. The highest BCUT2D eigenvalue weighted by Crippen LogP contribution is 2.53. The van der Waals surface area contributed by atoms with E-state index in [1.54, 1.807) is 17.5 Å². The number of hydrogen-bond donors (Lipinski definition) is 2. The van der Waals surface area contributed by atoms with E-state index in [1.165, 1.54) is 0 Å². The van der Waals surface area contributed by atoms with Gasteiger partial charge in [-0.1, -0.05) is 67.4 Å². The number of benzene rings is 2. The van der Waals surface area contributed by atoms with Gasteiger partial charge >= 0.3 is 0 Å². The molecule has 1 amide bonds. The highest BCUT2D eigenvalue weighted by Gasteiger charge is 2.52. The summed E-state index contributed by atoms with van der Waals surface area (Å²) >= 11 is 12.8. The number of likely N-dealkylation sites (tertiary alicyclic amines) is 1. The Hall–Kier alpha value is -2.33. The summed E-state index contributed by atoms with van der Waals surface area (Å²) in [6.45, 7) is 5.05. The van der Waals surface area contributed by atoms with E-state index in [-0.39, 0.29) is 23.9 Å². The molecule has 2 fully saturated rings. The van der Waals surface area contributed by atoms with Crippen LogP contribution in [0.5, 0.6) is 5.88 Å². The van der Waals surface area contributed by atoms with Crippen molar-refractivity contribution in [1.29, 1.82) is 0 Å². The molecule has 4 atom stereocenters. The van der Waals surface area contributed by atoms with Crippen molar-refractivity contribution >= 4 is 39.9 Å². The normalized spacial score (nSPS) is 25.8. The van der Waals surface area contributed by atoms with E-state index in [2.05, 4.69) is 18.0 Å². The minimum Gasteiger partial charge on any atom is -0.481 e. The number of amides is 1. The quantitative estimate of drug-likeness (QED) is 0.250. The molecule has 5 rings (SSSR count). The van der Waals surface area contributed by atoms with Gasteiger partial charge < -0.3 is 9.64 Å². The molecule has 7 nitrogen and oxygen atoms in total. The lowest BCUT2D eigenvalue weighted by Gasteiger charge is -2.53. The van der Waals surface area contributed by atoms with Crippen LogP contribution in [0.3, 0.4) is 0 Å². The van der Waals surface area contributed by atoms with Crippen molar-refractivity contribution < 1.29 is 18.6 Å². The standard InChI is InChI=1S/C32H39Cl2N3O4S/c1-4-27(21-36-16-7-17-42(36,39)40)37-30(22-12-14-24(33)15-13-22)28(23-8-5-9-25(34)18-23)20-32(2,31(37)38)19-26-10-6-11-29(35-26)41-3/h5-6,8-15,18,27-28,30,39-40H,4,7,16-17,19-21H2,1-3H3. The van der Waals surface area contributed by atoms with Crippen LogP contribution < -0.4 is 4.74 Å². The van der Waals surface area contributed by atoms with Crippen molar-refractivity contribution in [1.82, 2.24) is 14.2 Å². The summed E-state index contributed by atoms with van der Waals surface area (Å²) in [4.78, 5) is 21.6. The number of halogens is 2. The van der Waals surface area contributed by atoms with E-state index >= 15 is 0 Å². The van der Waals surface area contributed by atoms with Crippen molar-refractivity contribution in [2.75, 3.05) is 26.0 Å². The molecule has 0 spiro atoms. The number of carbonyl (C=O) groups is 1. The molecule has 3 aromatic rings. The molecular weight excluding hydrogens is 593 g/mol. The van der Waals surface area contributed by atoms with Crippen LogP contribution in [0.15, 0.2) is 66.7 Å². The number of ether oxygens (including phenoxy) is 1. The molecule has 0 saturated carbocycles. The number of aromatic nitrogens is 1. The zero-order valence-electron chi connectivity index (χ0n) is 24.2. The van der Waals surface area contributed by atoms with E-state index in [0.717, 1.165) is 23.2 Å². The van der Waals surface area contributed by atoms with E-state index in [4.69, 9.17) is 27.9 Å². The Morgan fingerprint density at radius 2 is 1.81 bits per heavy atom. The summed E-state index contributed by atoms with van der Waals surface area (Å²) in [6.07, 6.45) is 2.37. The monoisotopic (exact) mass is 631 g/mol. The van der Waals surface area contributed by atoms with Crippen molar-refractivity contribution in [2.24, 2.45) is 5.41 Å². The molecule has 2 aliphatic rings. The first-order chi connectivity index (χ1) is 20.0. The summed E-state index contributed by atoms with van der Waals surface area (Å²) in [5, 5.41) is 1.26. The molecule has 3 heterocycles. The number of carbonyl (C=O) groups excluding carboxylic acids is 1. The minimum atomic E-state index is -2.86. The number of pyridine rings is 1. The molecule has 2 aromatic carbocycles. The van der Waals surface area contributed by atoms with E-state index < -0.39 is 16.2 Å². The Bertz CT molecular complexity index is 1410. The Kier molecular flexibility index (Phi) is 9.42. The molecule has 0 radical (unpaired) electrons. The summed E-state index contributed by atoms with van der Waals surface area (Å²) in [5.41, 5.74) is 2.01. The van der Waals surface area contributed by atoms with Gasteiger partial charge in [-0.25, -0.2) is 9.29 Å². The first-order valence-corrected chi connectivity index (χ1v) is 16.8. The molecular formula is C32H39Cl2N3O4S. The van der Waals surface area contributed by atoms with E-state index in [9.17, 15) is 13.9 Å². The molecule has 42 heavy (non-hydrogen) atoms. The van der Waals surface area contributed by atoms with Gasteiger partial charge in [0.05, 0.1) is 24.3 Å². The Labute approximate surface area is 260 Å². The van der Waals surface area contributed by atoms with Crippen molar-refractivity contribution in [2.45, 2.75) is 57.5 Å². The lowest BCUT2D eigenvalue weighted by atomic mass is 9.66. The second kappa shape index (κ2) is 12.7. The van der Waals surface area contributed by atoms with Crippen LogP contribution in [0.2, 0.25) is 10.0 Å². The van der Waals surface area contributed by atoms with Crippen molar-refractivity contribution in [3.63, 3.8) is 0 Å². The fourth-order valence-electron chi connectivity index (χ4n) is 6.59. The van der Waals surface area contributed by atoms with Crippen LogP contribution in [-0.2, 0) is 11.2 Å². The van der Waals surface area contributed by atoms with Gasteiger partial charge in [0, 0.05) is 53.3 Å². The largest absolute Gasteiger partial charge is 0.481 e. The van der Waals surface area contributed by atoms with Gasteiger partial charge in [-0.3, -0.25) is 13.9 Å². The summed E-state index contributed by atoms with van der Waals surface area (Å²) in [7, 11) is -1.27. The second-order valence-corrected chi connectivity index (χ2v) is 14.7. The molecule has 2 saturated heterocycles. The Balaban J connectivity index is 1.64. The van der Waals surface area contributed by atoms with Gasteiger partial charge in [0.25, 0.3) is 0 Å². The van der Waals surface area contributed by atoms with Gasteiger partial charge in [-0.05, 0) is 60.7 Å². The van der Waals surface area contributed by atoms with Crippen LogP contribution in [0, 0.1) is 5.41 Å². The molecule has 0 bridgehead atoms. The zero-order valence-corrected chi connectivity index (χ0v) is 26.6.